The Morgan fingerprint density at radius 3 is 3.21 bits per heavy atom. The molecular formula is C8H13N3O3. The minimum absolute atomic E-state index is 0.308. The third kappa shape index (κ3) is 3.90. The van der Waals surface area contributed by atoms with Gasteiger partial charge in [0.15, 0.2) is 0 Å². The highest BCUT2D eigenvalue weighted by Gasteiger charge is 2.02. The van der Waals surface area contributed by atoms with Crippen molar-refractivity contribution < 1.29 is 14.1 Å². The molecule has 0 aromatic carbocycles. The van der Waals surface area contributed by atoms with Crippen LogP contribution in [0.15, 0.2) is 16.8 Å². The van der Waals surface area contributed by atoms with E-state index < -0.39 is 0 Å². The molecule has 0 fully saturated rings. The van der Waals surface area contributed by atoms with E-state index >= 15 is 0 Å². The number of carbonyl (C=O) groups is 1. The highest BCUT2D eigenvalue weighted by atomic mass is 16.5. The number of nitrogens with one attached hydrogen (secondary N) is 2. The zero-order valence-corrected chi connectivity index (χ0v) is 7.95. The molecule has 2 N–H and O–H groups in total. The maximum atomic E-state index is 11.1. The van der Waals surface area contributed by atoms with Gasteiger partial charge in [0.05, 0.1) is 6.20 Å². The molecule has 0 aliphatic rings. The first-order chi connectivity index (χ1) is 6.83. The van der Waals surface area contributed by atoms with Crippen LogP contribution in [0.5, 0.6) is 0 Å². The molecule has 14 heavy (non-hydrogen) atoms. The summed E-state index contributed by atoms with van der Waals surface area (Å²) in [4.78, 5) is 11.1. The number of hydrogen-bond acceptors (Lipinski definition) is 4. The summed E-state index contributed by atoms with van der Waals surface area (Å²) in [6, 6.07) is 1.26. The fourth-order valence-corrected chi connectivity index (χ4v) is 0.855. The molecule has 0 unspecified atom stereocenters. The van der Waals surface area contributed by atoms with Gasteiger partial charge in [-0.1, -0.05) is 5.16 Å². The van der Waals surface area contributed by atoms with Crippen molar-refractivity contribution in [3.8, 4) is 0 Å². The van der Waals surface area contributed by atoms with Gasteiger partial charge in [-0.2, -0.15) is 0 Å². The highest BCUT2D eigenvalue weighted by molar-refractivity contribution is 5.87. The summed E-state index contributed by atoms with van der Waals surface area (Å²) in [5.41, 5.74) is 0. The van der Waals surface area contributed by atoms with E-state index in [-0.39, 0.29) is 6.03 Å². The number of anilines is 1. The Morgan fingerprint density at radius 2 is 2.57 bits per heavy atom. The van der Waals surface area contributed by atoms with E-state index in [0.29, 0.717) is 19.0 Å². The molecule has 2 amide bonds. The summed E-state index contributed by atoms with van der Waals surface area (Å²) >= 11 is 0. The number of methoxy groups -OCH3 is 1. The molecule has 1 rings (SSSR count). The van der Waals surface area contributed by atoms with Gasteiger partial charge in [0.1, 0.15) is 0 Å². The van der Waals surface area contributed by atoms with Gasteiger partial charge in [0.25, 0.3) is 0 Å². The van der Waals surface area contributed by atoms with Crippen LogP contribution in [0.4, 0.5) is 10.7 Å². The second-order valence-corrected chi connectivity index (χ2v) is 2.60. The average Bonchev–Trinajstić information content (AvgIpc) is 2.65. The quantitative estimate of drug-likeness (QED) is 0.689. The minimum atomic E-state index is -0.308. The molecule has 0 atom stereocenters. The van der Waals surface area contributed by atoms with Gasteiger partial charge in [-0.3, -0.25) is 5.32 Å². The largest absolute Gasteiger partial charge is 0.385 e. The predicted octanol–water partition coefficient (Wildman–Crippen LogP) is 0.833. The number of ether oxygens (including phenoxy) is 1. The number of urea groups is 1. The Morgan fingerprint density at radius 1 is 1.71 bits per heavy atom. The maximum Gasteiger partial charge on any atom is 0.321 e. The van der Waals surface area contributed by atoms with Gasteiger partial charge in [0.2, 0.25) is 5.88 Å². The summed E-state index contributed by atoms with van der Waals surface area (Å²) in [7, 11) is 1.62. The maximum absolute atomic E-state index is 11.1. The lowest BCUT2D eigenvalue weighted by molar-refractivity contribution is 0.194. The molecule has 78 valence electrons. The van der Waals surface area contributed by atoms with E-state index in [4.69, 9.17) is 4.74 Å². The van der Waals surface area contributed by atoms with Crippen LogP contribution in [0.2, 0.25) is 0 Å². The lowest BCUT2D eigenvalue weighted by atomic mass is 10.4. The van der Waals surface area contributed by atoms with E-state index in [2.05, 4.69) is 20.3 Å². The lowest BCUT2D eigenvalue weighted by Crippen LogP contribution is -2.29. The third-order valence-corrected chi connectivity index (χ3v) is 1.49. The number of aromatic nitrogens is 1. The topological polar surface area (TPSA) is 76.4 Å². The second-order valence-electron chi connectivity index (χ2n) is 2.60. The molecule has 6 heteroatoms. The highest BCUT2D eigenvalue weighted by Crippen LogP contribution is 2.02. The van der Waals surface area contributed by atoms with Crippen molar-refractivity contribution in [2.75, 3.05) is 25.6 Å². The van der Waals surface area contributed by atoms with E-state index in [1.165, 1.54) is 6.20 Å². The number of hydrogen-bond donors (Lipinski definition) is 2. The summed E-state index contributed by atoms with van der Waals surface area (Å²) in [5, 5.41) is 8.56. The first kappa shape index (κ1) is 10.5. The van der Waals surface area contributed by atoms with Gasteiger partial charge >= 0.3 is 6.03 Å². The minimum Gasteiger partial charge on any atom is -0.385 e. The van der Waals surface area contributed by atoms with Crippen LogP contribution in [0.25, 0.3) is 0 Å². The van der Waals surface area contributed by atoms with E-state index in [1.54, 1.807) is 13.2 Å². The van der Waals surface area contributed by atoms with Gasteiger partial charge in [0, 0.05) is 26.3 Å². The molecule has 6 nitrogen and oxygen atoms in total. The lowest BCUT2D eigenvalue weighted by Gasteiger charge is -2.03. The van der Waals surface area contributed by atoms with E-state index in [0.717, 1.165) is 6.42 Å². The van der Waals surface area contributed by atoms with Crippen molar-refractivity contribution in [1.29, 1.82) is 0 Å². The Labute approximate surface area is 81.6 Å². The Bertz CT molecular complexity index is 261. The Kier molecular flexibility index (Phi) is 4.49. The summed E-state index contributed by atoms with van der Waals surface area (Å²) < 4.78 is 9.51. The van der Waals surface area contributed by atoms with E-state index in [1.807, 2.05) is 0 Å². The molecule has 0 spiro atoms. The van der Waals surface area contributed by atoms with Crippen molar-refractivity contribution in [1.82, 2.24) is 10.5 Å². The van der Waals surface area contributed by atoms with Crippen LogP contribution >= 0.6 is 0 Å². The SMILES string of the molecule is COCCCNC(=O)Nc1ccno1. The first-order valence-electron chi connectivity index (χ1n) is 4.27. The smallest absolute Gasteiger partial charge is 0.321 e. The molecule has 0 aliphatic heterocycles. The molecule has 0 bridgehead atoms. The Balaban J connectivity index is 2.11. The van der Waals surface area contributed by atoms with Crippen LogP contribution in [-0.4, -0.2) is 31.4 Å². The number of rotatable bonds is 5. The van der Waals surface area contributed by atoms with Crippen molar-refractivity contribution in [2.24, 2.45) is 0 Å². The summed E-state index contributed by atoms with van der Waals surface area (Å²) in [6.07, 6.45) is 2.24. The molecule has 1 heterocycles. The second kappa shape index (κ2) is 5.98. The normalized spacial score (nSPS) is 9.79. The standard InChI is InChI=1S/C8H13N3O3/c1-13-6-2-4-9-8(12)11-7-3-5-10-14-7/h3,5H,2,4,6H2,1H3,(H2,9,11,12). The molecule has 0 aliphatic carbocycles. The van der Waals surface area contributed by atoms with Gasteiger partial charge in [-0.15, -0.1) is 0 Å². The molecule has 1 aromatic heterocycles. The monoisotopic (exact) mass is 199 g/mol. The predicted molar refractivity (Wildman–Crippen MR) is 50.0 cm³/mol. The van der Waals surface area contributed by atoms with Crippen LogP contribution in [-0.2, 0) is 4.74 Å². The first-order valence-corrected chi connectivity index (χ1v) is 4.27. The van der Waals surface area contributed by atoms with Gasteiger partial charge < -0.3 is 14.6 Å². The van der Waals surface area contributed by atoms with E-state index in [9.17, 15) is 4.79 Å². The number of nitrogens with zero attached hydrogens (tertiary/aromatic N) is 1. The zero-order chi connectivity index (χ0) is 10.2. The molecule has 0 saturated heterocycles. The van der Waals surface area contributed by atoms with Crippen LogP contribution in [0.1, 0.15) is 6.42 Å². The summed E-state index contributed by atoms with van der Waals surface area (Å²) in [5.74, 6) is 0.328. The van der Waals surface area contributed by atoms with Crippen LogP contribution in [0, 0.1) is 0 Å². The van der Waals surface area contributed by atoms with Crippen molar-refractivity contribution in [2.45, 2.75) is 6.42 Å². The van der Waals surface area contributed by atoms with Crippen molar-refractivity contribution in [3.63, 3.8) is 0 Å². The average molecular weight is 199 g/mol. The van der Waals surface area contributed by atoms with Gasteiger partial charge in [-0.05, 0) is 6.42 Å². The number of amides is 2. The molecule has 0 radical (unpaired) electrons. The Hall–Kier alpha value is -1.56. The third-order valence-electron chi connectivity index (χ3n) is 1.49. The van der Waals surface area contributed by atoms with Crippen LogP contribution in [0.3, 0.4) is 0 Å². The zero-order valence-electron chi connectivity index (χ0n) is 7.95. The van der Waals surface area contributed by atoms with Crippen LogP contribution < -0.4 is 10.6 Å². The molecule has 1 aromatic rings. The molecular weight excluding hydrogens is 186 g/mol. The van der Waals surface area contributed by atoms with Crippen molar-refractivity contribution in [3.05, 3.63) is 12.3 Å². The fraction of sp³-hybridized carbons (Fsp3) is 0.500. The molecule has 0 saturated carbocycles. The van der Waals surface area contributed by atoms with Crippen molar-refractivity contribution >= 4 is 11.9 Å². The fourth-order valence-electron chi connectivity index (χ4n) is 0.855. The summed E-state index contributed by atoms with van der Waals surface area (Å²) in [6.45, 7) is 1.19. The van der Waals surface area contributed by atoms with Gasteiger partial charge in [-0.25, -0.2) is 4.79 Å². The number of carbonyl (C=O) groups excluding carboxylic acids is 1.